The predicted molar refractivity (Wildman–Crippen MR) is 76.2 cm³/mol. The molecule has 106 valence electrons. The summed E-state index contributed by atoms with van der Waals surface area (Å²) in [7, 11) is 0. The number of hydrogen-bond acceptors (Lipinski definition) is 2. The maximum atomic E-state index is 11.8. The van der Waals surface area contributed by atoms with Gasteiger partial charge in [-0.15, -0.1) is 0 Å². The molecule has 0 radical (unpaired) electrons. The third kappa shape index (κ3) is 4.97. The standard InChI is InChI=1S/C15H30N2O/c1-11-5-7-12(8-6-11)9-10-17-14(18)13(16)15(2,3)4/h11-13H,5-10,16H2,1-4H3,(H,17,18)/t11?,12?,13-/m1/s1. The van der Waals surface area contributed by atoms with Crippen LogP contribution in [0.2, 0.25) is 0 Å². The first kappa shape index (κ1) is 15.5. The summed E-state index contributed by atoms with van der Waals surface area (Å²) in [5.41, 5.74) is 5.76. The van der Waals surface area contributed by atoms with Crippen molar-refractivity contribution in [2.24, 2.45) is 23.0 Å². The van der Waals surface area contributed by atoms with Gasteiger partial charge in [-0.1, -0.05) is 53.4 Å². The van der Waals surface area contributed by atoms with Crippen molar-refractivity contribution in [3.8, 4) is 0 Å². The molecule has 0 aromatic rings. The van der Waals surface area contributed by atoms with Crippen molar-refractivity contribution in [2.75, 3.05) is 6.54 Å². The van der Waals surface area contributed by atoms with Crippen LogP contribution in [0.3, 0.4) is 0 Å². The maximum Gasteiger partial charge on any atom is 0.237 e. The number of nitrogens with two attached hydrogens (primary N) is 1. The van der Waals surface area contributed by atoms with E-state index < -0.39 is 6.04 Å². The van der Waals surface area contributed by atoms with Crippen LogP contribution in [0.5, 0.6) is 0 Å². The topological polar surface area (TPSA) is 55.1 Å². The Morgan fingerprint density at radius 2 is 1.83 bits per heavy atom. The first-order valence-corrected chi connectivity index (χ1v) is 7.34. The molecule has 1 atom stereocenters. The molecule has 3 heteroatoms. The van der Waals surface area contributed by atoms with Crippen LogP contribution in [-0.4, -0.2) is 18.5 Å². The smallest absolute Gasteiger partial charge is 0.237 e. The molecular weight excluding hydrogens is 224 g/mol. The van der Waals surface area contributed by atoms with Gasteiger partial charge >= 0.3 is 0 Å². The fourth-order valence-electron chi connectivity index (χ4n) is 2.52. The summed E-state index contributed by atoms with van der Waals surface area (Å²) in [6, 6.07) is -0.413. The van der Waals surface area contributed by atoms with E-state index in [1.807, 2.05) is 20.8 Å². The third-order valence-corrected chi connectivity index (χ3v) is 4.20. The van der Waals surface area contributed by atoms with Gasteiger partial charge in [-0.2, -0.15) is 0 Å². The minimum absolute atomic E-state index is 0.00771. The van der Waals surface area contributed by atoms with Crippen LogP contribution >= 0.6 is 0 Å². The Kier molecular flexibility index (Phi) is 5.64. The summed E-state index contributed by atoms with van der Waals surface area (Å²) >= 11 is 0. The summed E-state index contributed by atoms with van der Waals surface area (Å²) in [5.74, 6) is 1.68. The second-order valence-corrected chi connectivity index (χ2v) is 7.05. The normalized spacial score (nSPS) is 26.7. The van der Waals surface area contributed by atoms with Crippen molar-refractivity contribution < 1.29 is 4.79 Å². The zero-order valence-electron chi connectivity index (χ0n) is 12.5. The molecule has 1 amide bonds. The Hall–Kier alpha value is -0.570. The Labute approximate surface area is 112 Å². The molecule has 1 fully saturated rings. The third-order valence-electron chi connectivity index (χ3n) is 4.20. The molecule has 0 unspecified atom stereocenters. The van der Waals surface area contributed by atoms with Crippen molar-refractivity contribution in [3.63, 3.8) is 0 Å². The summed E-state index contributed by atoms with van der Waals surface area (Å²) in [6.07, 6.45) is 6.44. The van der Waals surface area contributed by atoms with E-state index >= 15 is 0 Å². The van der Waals surface area contributed by atoms with Crippen LogP contribution < -0.4 is 11.1 Å². The van der Waals surface area contributed by atoms with E-state index in [0.717, 1.165) is 24.8 Å². The minimum atomic E-state index is -0.413. The SMILES string of the molecule is CC1CCC(CCNC(=O)[C@@H](N)C(C)(C)C)CC1. The lowest BCUT2D eigenvalue weighted by Gasteiger charge is -2.28. The first-order chi connectivity index (χ1) is 8.30. The van der Waals surface area contributed by atoms with Gasteiger partial charge in [0.2, 0.25) is 5.91 Å². The molecule has 1 aliphatic rings. The molecule has 0 aromatic heterocycles. The van der Waals surface area contributed by atoms with Crippen LogP contribution in [-0.2, 0) is 4.79 Å². The minimum Gasteiger partial charge on any atom is -0.355 e. The lowest BCUT2D eigenvalue weighted by Crippen LogP contribution is -2.48. The van der Waals surface area contributed by atoms with Gasteiger partial charge in [-0.3, -0.25) is 4.79 Å². The molecule has 3 N–H and O–H groups in total. The van der Waals surface area contributed by atoms with Crippen LogP contribution in [0, 0.1) is 17.3 Å². The molecule has 1 saturated carbocycles. The van der Waals surface area contributed by atoms with Crippen molar-refractivity contribution in [1.82, 2.24) is 5.32 Å². The monoisotopic (exact) mass is 254 g/mol. The number of hydrogen-bond donors (Lipinski definition) is 2. The molecule has 3 nitrogen and oxygen atoms in total. The van der Waals surface area contributed by atoms with Gasteiger partial charge in [-0.05, 0) is 23.7 Å². The predicted octanol–water partition coefficient (Wildman–Crippen LogP) is 2.69. The Bertz CT molecular complexity index is 262. The van der Waals surface area contributed by atoms with Gasteiger partial charge in [0.25, 0.3) is 0 Å². The highest BCUT2D eigenvalue weighted by atomic mass is 16.2. The molecule has 0 saturated heterocycles. The number of amides is 1. The van der Waals surface area contributed by atoms with Crippen molar-refractivity contribution >= 4 is 5.91 Å². The number of nitrogens with one attached hydrogen (secondary N) is 1. The second kappa shape index (κ2) is 6.55. The zero-order chi connectivity index (χ0) is 13.8. The quantitative estimate of drug-likeness (QED) is 0.810. The Balaban J connectivity index is 2.20. The molecule has 0 spiro atoms. The molecule has 0 heterocycles. The number of carbonyl (C=O) groups excluding carboxylic acids is 1. The molecule has 1 rings (SSSR count). The molecular formula is C15H30N2O. The highest BCUT2D eigenvalue weighted by Gasteiger charge is 2.27. The Morgan fingerprint density at radius 3 is 2.33 bits per heavy atom. The van der Waals surface area contributed by atoms with E-state index in [-0.39, 0.29) is 11.3 Å². The number of carbonyl (C=O) groups is 1. The number of rotatable bonds is 4. The first-order valence-electron chi connectivity index (χ1n) is 7.34. The van der Waals surface area contributed by atoms with Crippen LogP contribution in [0.15, 0.2) is 0 Å². The average molecular weight is 254 g/mol. The van der Waals surface area contributed by atoms with Crippen molar-refractivity contribution in [3.05, 3.63) is 0 Å². The summed E-state index contributed by atoms with van der Waals surface area (Å²) in [6.45, 7) is 9.11. The van der Waals surface area contributed by atoms with Gasteiger partial charge in [0.05, 0.1) is 6.04 Å². The molecule has 0 bridgehead atoms. The van der Waals surface area contributed by atoms with E-state index in [4.69, 9.17) is 5.73 Å². The second-order valence-electron chi connectivity index (χ2n) is 7.05. The van der Waals surface area contributed by atoms with E-state index in [0.29, 0.717) is 0 Å². The molecule has 0 aliphatic heterocycles. The van der Waals surface area contributed by atoms with Crippen LogP contribution in [0.4, 0.5) is 0 Å². The van der Waals surface area contributed by atoms with Crippen LogP contribution in [0.25, 0.3) is 0 Å². The van der Waals surface area contributed by atoms with Gasteiger partial charge < -0.3 is 11.1 Å². The fraction of sp³-hybridized carbons (Fsp3) is 0.933. The Morgan fingerprint density at radius 1 is 1.28 bits per heavy atom. The largest absolute Gasteiger partial charge is 0.355 e. The molecule has 1 aliphatic carbocycles. The van der Waals surface area contributed by atoms with E-state index in [1.165, 1.54) is 25.7 Å². The van der Waals surface area contributed by atoms with E-state index in [2.05, 4.69) is 12.2 Å². The van der Waals surface area contributed by atoms with Crippen LogP contribution in [0.1, 0.15) is 59.8 Å². The zero-order valence-corrected chi connectivity index (χ0v) is 12.5. The highest BCUT2D eigenvalue weighted by Crippen LogP contribution is 2.29. The van der Waals surface area contributed by atoms with Crippen molar-refractivity contribution in [1.29, 1.82) is 0 Å². The summed E-state index contributed by atoms with van der Waals surface area (Å²) < 4.78 is 0. The lowest BCUT2D eigenvalue weighted by atomic mass is 9.81. The summed E-state index contributed by atoms with van der Waals surface area (Å²) in [5, 5.41) is 2.98. The fourth-order valence-corrected chi connectivity index (χ4v) is 2.52. The van der Waals surface area contributed by atoms with Gasteiger partial charge in [0.15, 0.2) is 0 Å². The average Bonchev–Trinajstić information content (AvgIpc) is 2.29. The molecule has 18 heavy (non-hydrogen) atoms. The van der Waals surface area contributed by atoms with Gasteiger partial charge in [-0.25, -0.2) is 0 Å². The highest BCUT2D eigenvalue weighted by molar-refractivity contribution is 5.82. The van der Waals surface area contributed by atoms with Crippen molar-refractivity contribution in [2.45, 2.75) is 65.8 Å². The summed E-state index contributed by atoms with van der Waals surface area (Å²) in [4.78, 5) is 11.8. The molecule has 0 aromatic carbocycles. The van der Waals surface area contributed by atoms with E-state index in [1.54, 1.807) is 0 Å². The van der Waals surface area contributed by atoms with Gasteiger partial charge in [0, 0.05) is 6.54 Å². The van der Waals surface area contributed by atoms with E-state index in [9.17, 15) is 4.79 Å². The van der Waals surface area contributed by atoms with Gasteiger partial charge in [0.1, 0.15) is 0 Å². The lowest BCUT2D eigenvalue weighted by molar-refractivity contribution is -0.124. The maximum absolute atomic E-state index is 11.8.